The van der Waals surface area contributed by atoms with Crippen LogP contribution in [0.1, 0.15) is 45.4 Å². The first-order valence-corrected chi connectivity index (χ1v) is 12.4. The average molecular weight is 427 g/mol. The van der Waals surface area contributed by atoms with Gasteiger partial charge in [-0.15, -0.1) is 0 Å². The smallest absolute Gasteiger partial charge is 0.325 e. The number of hydrogen-bond donors (Lipinski definition) is 2. The maximum atomic E-state index is 13.0. The topological polar surface area (TPSA) is 116 Å². The Morgan fingerprint density at radius 2 is 1.90 bits per heavy atom. The molecule has 10 heteroatoms. The molecule has 2 N–H and O–H groups in total. The van der Waals surface area contributed by atoms with Crippen molar-refractivity contribution in [1.82, 2.24) is 20.4 Å². The van der Waals surface area contributed by atoms with E-state index in [0.717, 1.165) is 50.1 Å². The number of rotatable bonds is 4. The van der Waals surface area contributed by atoms with Crippen molar-refractivity contribution in [2.45, 2.75) is 63.1 Å². The third-order valence-electron chi connectivity index (χ3n) is 7.08. The van der Waals surface area contributed by atoms with Gasteiger partial charge in [0.2, 0.25) is 5.91 Å². The fourth-order valence-corrected chi connectivity index (χ4v) is 7.39. The molecule has 1 spiro atoms. The minimum Gasteiger partial charge on any atom is -0.349 e. The van der Waals surface area contributed by atoms with E-state index < -0.39 is 33.4 Å². The van der Waals surface area contributed by atoms with Crippen molar-refractivity contribution < 1.29 is 22.8 Å². The molecule has 1 aliphatic carbocycles. The normalized spacial score (nSPS) is 37.3. The molecule has 4 unspecified atom stereocenters. The van der Waals surface area contributed by atoms with Gasteiger partial charge in [-0.05, 0) is 44.7 Å². The molecule has 0 bridgehead atoms. The molecule has 162 valence electrons. The molecule has 3 heterocycles. The van der Waals surface area contributed by atoms with Gasteiger partial charge in [-0.2, -0.15) is 0 Å². The second-order valence-corrected chi connectivity index (χ2v) is 11.2. The Bertz CT molecular complexity index is 809. The molecule has 3 saturated heterocycles. The summed E-state index contributed by atoms with van der Waals surface area (Å²) in [6.45, 7) is 3.26. The fourth-order valence-electron chi connectivity index (χ4n) is 5.44. The lowest BCUT2D eigenvalue weighted by Crippen LogP contribution is -2.55. The van der Waals surface area contributed by atoms with Gasteiger partial charge < -0.3 is 10.6 Å². The summed E-state index contributed by atoms with van der Waals surface area (Å²) in [5.41, 5.74) is -0.898. The van der Waals surface area contributed by atoms with Crippen molar-refractivity contribution in [3.63, 3.8) is 0 Å². The van der Waals surface area contributed by atoms with Gasteiger partial charge >= 0.3 is 6.03 Å². The molecule has 3 aliphatic heterocycles. The molecule has 4 fully saturated rings. The van der Waals surface area contributed by atoms with Crippen LogP contribution in [-0.2, 0) is 19.4 Å². The molecule has 29 heavy (non-hydrogen) atoms. The zero-order chi connectivity index (χ0) is 20.8. The van der Waals surface area contributed by atoms with Crippen LogP contribution in [0, 0.1) is 5.92 Å². The average Bonchev–Trinajstić information content (AvgIpc) is 3.33. The number of imide groups is 1. The Morgan fingerprint density at radius 1 is 1.17 bits per heavy atom. The van der Waals surface area contributed by atoms with E-state index in [0.29, 0.717) is 6.42 Å². The number of nitrogens with one attached hydrogen (secondary N) is 2. The number of carbonyl (C=O) groups excluding carboxylic acids is 3. The quantitative estimate of drug-likeness (QED) is 0.605. The largest absolute Gasteiger partial charge is 0.349 e. The van der Waals surface area contributed by atoms with Crippen LogP contribution in [0.4, 0.5) is 4.79 Å². The summed E-state index contributed by atoms with van der Waals surface area (Å²) in [6, 6.07) is -1.28. The number of urea groups is 1. The molecule has 4 atom stereocenters. The number of likely N-dealkylation sites (tertiary alicyclic amines) is 1. The van der Waals surface area contributed by atoms with E-state index in [4.69, 9.17) is 0 Å². The summed E-state index contributed by atoms with van der Waals surface area (Å²) in [4.78, 5) is 41.3. The molecule has 4 rings (SSSR count). The predicted octanol–water partition coefficient (Wildman–Crippen LogP) is -0.135. The molecule has 0 aromatic rings. The Hall–Kier alpha value is -1.68. The van der Waals surface area contributed by atoms with E-state index in [2.05, 4.69) is 15.5 Å². The van der Waals surface area contributed by atoms with Crippen LogP contribution < -0.4 is 10.6 Å². The first-order valence-electron chi connectivity index (χ1n) is 10.6. The van der Waals surface area contributed by atoms with Crippen molar-refractivity contribution in [1.29, 1.82) is 0 Å². The zero-order valence-corrected chi connectivity index (χ0v) is 17.7. The van der Waals surface area contributed by atoms with Crippen LogP contribution >= 0.6 is 0 Å². The summed E-state index contributed by atoms with van der Waals surface area (Å²) in [5, 5.41) is 5.64. The minimum atomic E-state index is -3.22. The molecular weight excluding hydrogens is 396 g/mol. The summed E-state index contributed by atoms with van der Waals surface area (Å²) < 4.78 is 24.3. The lowest BCUT2D eigenvalue weighted by atomic mass is 9.73. The third kappa shape index (κ3) is 3.76. The van der Waals surface area contributed by atoms with E-state index in [1.807, 2.05) is 6.92 Å². The second kappa shape index (κ2) is 7.54. The van der Waals surface area contributed by atoms with Crippen LogP contribution in [0.2, 0.25) is 0 Å². The number of nitrogens with zero attached hydrogens (tertiary/aromatic N) is 2. The first kappa shape index (κ1) is 20.6. The molecule has 0 aromatic heterocycles. The van der Waals surface area contributed by atoms with Crippen molar-refractivity contribution in [3.8, 4) is 0 Å². The maximum Gasteiger partial charge on any atom is 0.325 e. The fraction of sp³-hybridized carbons (Fsp3) is 0.842. The number of carbonyl (C=O) groups is 3. The summed E-state index contributed by atoms with van der Waals surface area (Å²) >= 11 is 0. The number of sulfone groups is 1. The van der Waals surface area contributed by atoms with E-state index in [1.165, 1.54) is 0 Å². The van der Waals surface area contributed by atoms with Crippen LogP contribution in [-0.4, -0.2) is 84.8 Å². The summed E-state index contributed by atoms with van der Waals surface area (Å²) in [7, 11) is -3.22. The number of hydrogen-bond acceptors (Lipinski definition) is 6. The molecule has 0 radical (unpaired) electrons. The molecule has 4 aliphatic rings. The van der Waals surface area contributed by atoms with Gasteiger partial charge in [-0.3, -0.25) is 19.4 Å². The van der Waals surface area contributed by atoms with Crippen LogP contribution in [0.15, 0.2) is 0 Å². The highest BCUT2D eigenvalue weighted by Crippen LogP contribution is 2.38. The maximum absolute atomic E-state index is 13.0. The van der Waals surface area contributed by atoms with Gasteiger partial charge in [0.05, 0.1) is 17.5 Å². The molecule has 4 amide bonds. The first-order chi connectivity index (χ1) is 13.7. The second-order valence-electron chi connectivity index (χ2n) is 9.00. The highest BCUT2D eigenvalue weighted by Gasteiger charge is 2.55. The van der Waals surface area contributed by atoms with Gasteiger partial charge in [0.1, 0.15) is 12.1 Å². The predicted molar refractivity (Wildman–Crippen MR) is 106 cm³/mol. The highest BCUT2D eigenvalue weighted by molar-refractivity contribution is 7.91. The highest BCUT2D eigenvalue weighted by atomic mass is 32.2. The standard InChI is InChI=1S/C19H30N4O5S/c1-13-6-2-3-7-19(13)17(25)23(18(26)21-19)10-16(24)20-14-11-29(27,28)12-15(14)22-8-4-5-9-22/h13-15H,2-12H2,1H3,(H,20,24)(H,21,26). The van der Waals surface area contributed by atoms with E-state index >= 15 is 0 Å². The molecule has 1 saturated carbocycles. The third-order valence-corrected chi connectivity index (χ3v) is 8.80. The minimum absolute atomic E-state index is 0.0280. The van der Waals surface area contributed by atoms with E-state index in [9.17, 15) is 22.8 Å². The van der Waals surface area contributed by atoms with Gasteiger partial charge in [0.25, 0.3) is 5.91 Å². The van der Waals surface area contributed by atoms with Gasteiger partial charge in [0.15, 0.2) is 9.84 Å². The van der Waals surface area contributed by atoms with E-state index in [-0.39, 0.29) is 35.9 Å². The van der Waals surface area contributed by atoms with Crippen LogP contribution in [0.25, 0.3) is 0 Å². The van der Waals surface area contributed by atoms with Gasteiger partial charge in [0, 0.05) is 6.04 Å². The van der Waals surface area contributed by atoms with Crippen LogP contribution in [0.3, 0.4) is 0 Å². The van der Waals surface area contributed by atoms with E-state index in [1.54, 1.807) is 0 Å². The lowest BCUT2D eigenvalue weighted by molar-refractivity contribution is -0.137. The Kier molecular flexibility index (Phi) is 5.35. The monoisotopic (exact) mass is 426 g/mol. The zero-order valence-electron chi connectivity index (χ0n) is 16.9. The van der Waals surface area contributed by atoms with Crippen LogP contribution in [0.5, 0.6) is 0 Å². The van der Waals surface area contributed by atoms with Crippen molar-refractivity contribution in [3.05, 3.63) is 0 Å². The summed E-state index contributed by atoms with van der Waals surface area (Å²) in [6.07, 6.45) is 5.41. The molecule has 9 nitrogen and oxygen atoms in total. The Balaban J connectivity index is 1.42. The molecular formula is C19H30N4O5S. The van der Waals surface area contributed by atoms with Gasteiger partial charge in [-0.25, -0.2) is 13.2 Å². The van der Waals surface area contributed by atoms with Gasteiger partial charge in [-0.1, -0.05) is 19.8 Å². The van der Waals surface area contributed by atoms with Crippen molar-refractivity contribution in [2.75, 3.05) is 31.1 Å². The lowest BCUT2D eigenvalue weighted by Gasteiger charge is -2.36. The SMILES string of the molecule is CC1CCCCC12NC(=O)N(CC(=O)NC1CS(=O)(=O)CC1N1CCCC1)C2=O. The Labute approximate surface area is 171 Å². The Morgan fingerprint density at radius 3 is 2.59 bits per heavy atom. The molecule has 0 aromatic carbocycles. The summed E-state index contributed by atoms with van der Waals surface area (Å²) in [5.74, 6) is -0.844. The van der Waals surface area contributed by atoms with Crippen molar-refractivity contribution in [2.24, 2.45) is 5.92 Å². The number of amides is 4. The van der Waals surface area contributed by atoms with Crippen molar-refractivity contribution >= 4 is 27.7 Å².